The normalized spacial score (nSPS) is 14.3. The molecule has 1 aliphatic heterocycles. The van der Waals surface area contributed by atoms with Crippen molar-refractivity contribution >= 4 is 29.2 Å². The van der Waals surface area contributed by atoms with Crippen LogP contribution in [0, 0.1) is 0 Å². The molecule has 0 saturated carbocycles. The monoisotopic (exact) mass is 368 g/mol. The van der Waals surface area contributed by atoms with Crippen LogP contribution in [0.25, 0.3) is 0 Å². The summed E-state index contributed by atoms with van der Waals surface area (Å²) in [6.07, 6.45) is -0.125. The predicted molar refractivity (Wildman–Crippen MR) is 93.5 cm³/mol. The molecular weight excluding hydrogens is 348 g/mol. The molecule has 7 nitrogen and oxygen atoms in total. The lowest BCUT2D eigenvalue weighted by Gasteiger charge is -2.18. The van der Waals surface area contributed by atoms with E-state index < -0.39 is 11.9 Å². The fourth-order valence-corrected chi connectivity index (χ4v) is 2.67. The zero-order valence-electron chi connectivity index (χ0n) is 14.3. The number of β-amino-alcohol motifs (C(OH)–C–C–N with tert-alkyl or cyclic N) is 1. The van der Waals surface area contributed by atoms with Crippen LogP contribution in [0.2, 0.25) is 5.02 Å². The van der Waals surface area contributed by atoms with Crippen LogP contribution in [0.15, 0.2) is 29.5 Å². The van der Waals surface area contributed by atoms with Gasteiger partial charge in [-0.1, -0.05) is 17.7 Å². The molecule has 0 bridgehead atoms. The molecule has 1 heterocycles. The molecule has 0 radical (unpaired) electrons. The summed E-state index contributed by atoms with van der Waals surface area (Å²) < 4.78 is 10.5. The van der Waals surface area contributed by atoms with Crippen molar-refractivity contribution in [1.29, 1.82) is 0 Å². The van der Waals surface area contributed by atoms with Crippen LogP contribution in [0.4, 0.5) is 5.69 Å². The summed E-state index contributed by atoms with van der Waals surface area (Å²) in [6, 6.07) is 5.09. The van der Waals surface area contributed by atoms with E-state index in [1.165, 1.54) is 12.0 Å². The standard InChI is InChI=1S/C17H21ClN2O5/c1-10(2)25-15-12(18)5-4-6-13(15)19-14-11(17(23)24-3)9-20(7-8-21)16(14)22/h4-6,10,19,21H,7-9H2,1-3H3. The first kappa shape index (κ1) is 19.1. The number of ether oxygens (including phenoxy) is 2. The SMILES string of the molecule is COC(=O)C1=C(Nc2cccc(Cl)c2OC(C)C)C(=O)N(CCO)C1. The van der Waals surface area contributed by atoms with Gasteiger partial charge in [-0.3, -0.25) is 4.79 Å². The summed E-state index contributed by atoms with van der Waals surface area (Å²) in [5.74, 6) is -0.612. The maximum absolute atomic E-state index is 12.6. The van der Waals surface area contributed by atoms with Crippen molar-refractivity contribution in [2.24, 2.45) is 0 Å². The summed E-state index contributed by atoms with van der Waals surface area (Å²) in [5.41, 5.74) is 0.754. The van der Waals surface area contributed by atoms with Crippen molar-refractivity contribution in [3.05, 3.63) is 34.5 Å². The number of methoxy groups -OCH3 is 1. The van der Waals surface area contributed by atoms with Gasteiger partial charge in [0.25, 0.3) is 5.91 Å². The average Bonchev–Trinajstić information content (AvgIpc) is 2.87. The second-order valence-corrected chi connectivity index (χ2v) is 6.11. The first-order valence-corrected chi connectivity index (χ1v) is 8.20. The number of carbonyl (C=O) groups excluding carboxylic acids is 2. The van der Waals surface area contributed by atoms with Crippen molar-refractivity contribution in [3.8, 4) is 5.75 Å². The first-order valence-electron chi connectivity index (χ1n) is 7.82. The second kappa shape index (κ2) is 8.22. The van der Waals surface area contributed by atoms with Crippen LogP contribution < -0.4 is 10.1 Å². The number of anilines is 1. The third-order valence-corrected chi connectivity index (χ3v) is 3.83. The number of carbonyl (C=O) groups is 2. The summed E-state index contributed by atoms with van der Waals surface area (Å²) in [5, 5.41) is 12.4. The van der Waals surface area contributed by atoms with Crippen molar-refractivity contribution in [3.63, 3.8) is 0 Å². The van der Waals surface area contributed by atoms with Crippen molar-refractivity contribution < 1.29 is 24.2 Å². The fraction of sp³-hybridized carbons (Fsp3) is 0.412. The molecule has 1 aliphatic rings. The Labute approximate surface area is 151 Å². The topological polar surface area (TPSA) is 88.1 Å². The van der Waals surface area contributed by atoms with E-state index in [1.807, 2.05) is 13.8 Å². The lowest BCUT2D eigenvalue weighted by Crippen LogP contribution is -2.31. The molecule has 0 unspecified atom stereocenters. The Balaban J connectivity index is 2.40. The van der Waals surface area contributed by atoms with Gasteiger partial charge >= 0.3 is 5.97 Å². The van der Waals surface area contributed by atoms with Crippen LogP contribution in [-0.4, -0.2) is 54.8 Å². The fourth-order valence-electron chi connectivity index (χ4n) is 2.45. The highest BCUT2D eigenvalue weighted by atomic mass is 35.5. The van der Waals surface area contributed by atoms with Gasteiger partial charge in [-0.05, 0) is 26.0 Å². The minimum absolute atomic E-state index is 0.0648. The third-order valence-electron chi connectivity index (χ3n) is 3.53. The highest BCUT2D eigenvalue weighted by Crippen LogP contribution is 2.35. The summed E-state index contributed by atoms with van der Waals surface area (Å²) in [4.78, 5) is 25.9. The molecule has 136 valence electrons. The van der Waals surface area contributed by atoms with E-state index in [2.05, 4.69) is 5.32 Å². The minimum Gasteiger partial charge on any atom is -0.487 e. The summed E-state index contributed by atoms with van der Waals surface area (Å²) in [6.45, 7) is 3.70. The van der Waals surface area contributed by atoms with Crippen molar-refractivity contribution in [1.82, 2.24) is 4.90 Å². The van der Waals surface area contributed by atoms with Gasteiger partial charge in [-0.25, -0.2) is 4.79 Å². The van der Waals surface area contributed by atoms with E-state index >= 15 is 0 Å². The molecule has 25 heavy (non-hydrogen) atoms. The lowest BCUT2D eigenvalue weighted by atomic mass is 10.2. The van der Waals surface area contributed by atoms with Gasteiger partial charge in [0.2, 0.25) is 0 Å². The predicted octanol–water partition coefficient (Wildman–Crippen LogP) is 1.80. The van der Waals surface area contributed by atoms with Crippen LogP contribution in [0.3, 0.4) is 0 Å². The highest BCUT2D eigenvalue weighted by Gasteiger charge is 2.35. The molecule has 1 amide bonds. The number of hydrogen-bond acceptors (Lipinski definition) is 6. The number of halogens is 1. The van der Waals surface area contributed by atoms with E-state index in [9.17, 15) is 9.59 Å². The number of rotatable bonds is 7. The second-order valence-electron chi connectivity index (χ2n) is 5.70. The number of benzene rings is 1. The number of nitrogens with one attached hydrogen (secondary N) is 1. The van der Waals surface area contributed by atoms with E-state index in [1.54, 1.807) is 18.2 Å². The van der Waals surface area contributed by atoms with Crippen LogP contribution >= 0.6 is 11.6 Å². The Morgan fingerprint density at radius 2 is 2.16 bits per heavy atom. The molecule has 1 aromatic carbocycles. The van der Waals surface area contributed by atoms with Crippen molar-refractivity contribution in [2.75, 3.05) is 32.1 Å². The molecule has 0 atom stereocenters. The van der Waals surface area contributed by atoms with Crippen molar-refractivity contribution in [2.45, 2.75) is 20.0 Å². The Hall–Kier alpha value is -2.25. The quantitative estimate of drug-likeness (QED) is 0.713. The molecule has 0 aliphatic carbocycles. The molecule has 8 heteroatoms. The van der Waals surface area contributed by atoms with E-state index in [0.717, 1.165) is 0 Å². The van der Waals surface area contributed by atoms with Gasteiger partial charge in [0.15, 0.2) is 5.75 Å². The first-order chi connectivity index (χ1) is 11.9. The highest BCUT2D eigenvalue weighted by molar-refractivity contribution is 6.32. The number of aliphatic hydroxyl groups excluding tert-OH is 1. The molecule has 0 fully saturated rings. The Bertz CT molecular complexity index is 702. The number of para-hydroxylation sites is 1. The minimum atomic E-state index is -0.607. The van der Waals surface area contributed by atoms with Gasteiger partial charge in [0.1, 0.15) is 5.70 Å². The molecule has 1 aromatic rings. The van der Waals surface area contributed by atoms with E-state index in [-0.39, 0.29) is 37.1 Å². The smallest absolute Gasteiger partial charge is 0.337 e. The maximum Gasteiger partial charge on any atom is 0.337 e. The summed E-state index contributed by atoms with van der Waals surface area (Å²) >= 11 is 6.20. The summed E-state index contributed by atoms with van der Waals surface area (Å²) in [7, 11) is 1.25. The van der Waals surface area contributed by atoms with Crippen LogP contribution in [0.5, 0.6) is 5.75 Å². The average molecular weight is 369 g/mol. The third kappa shape index (κ3) is 4.24. The Morgan fingerprint density at radius 1 is 1.44 bits per heavy atom. The Morgan fingerprint density at radius 3 is 2.76 bits per heavy atom. The van der Waals surface area contributed by atoms with Crippen LogP contribution in [0.1, 0.15) is 13.8 Å². The van der Waals surface area contributed by atoms with Gasteiger partial charge in [-0.15, -0.1) is 0 Å². The largest absolute Gasteiger partial charge is 0.487 e. The molecule has 0 aromatic heterocycles. The molecule has 0 spiro atoms. The number of hydrogen-bond donors (Lipinski definition) is 2. The van der Waals surface area contributed by atoms with Gasteiger partial charge in [0.05, 0.1) is 42.6 Å². The van der Waals surface area contributed by atoms with Gasteiger partial charge in [0, 0.05) is 6.54 Å². The van der Waals surface area contributed by atoms with E-state index in [0.29, 0.717) is 16.5 Å². The molecule has 2 rings (SSSR count). The number of amides is 1. The Kier molecular flexibility index (Phi) is 6.27. The maximum atomic E-state index is 12.6. The molecule has 2 N–H and O–H groups in total. The molecule has 0 saturated heterocycles. The van der Waals surface area contributed by atoms with E-state index in [4.69, 9.17) is 26.2 Å². The number of aliphatic hydroxyl groups is 1. The number of nitrogens with zero attached hydrogens (tertiary/aromatic N) is 1. The van der Waals surface area contributed by atoms with Gasteiger partial charge in [-0.2, -0.15) is 0 Å². The number of esters is 1. The lowest BCUT2D eigenvalue weighted by molar-refractivity contribution is -0.136. The zero-order valence-corrected chi connectivity index (χ0v) is 15.1. The van der Waals surface area contributed by atoms with Crippen LogP contribution in [-0.2, 0) is 14.3 Å². The van der Waals surface area contributed by atoms with Gasteiger partial charge < -0.3 is 24.8 Å². The zero-order chi connectivity index (χ0) is 18.6. The molecular formula is C17H21ClN2O5.